The lowest BCUT2D eigenvalue weighted by Crippen LogP contribution is -1.96. The van der Waals surface area contributed by atoms with Crippen molar-refractivity contribution in [1.82, 2.24) is 0 Å². The van der Waals surface area contributed by atoms with Gasteiger partial charge in [0.2, 0.25) is 0 Å². The molecule has 0 radical (unpaired) electrons. The number of carbonyl (C=O) groups excluding carboxylic acids is 2. The first kappa shape index (κ1) is 10.1. The van der Waals surface area contributed by atoms with Crippen LogP contribution in [0, 0.1) is 24.6 Å². The van der Waals surface area contributed by atoms with E-state index >= 15 is 0 Å². The number of rotatable bonds is 1. The SMILES string of the molecule is Cc1ccc(F)c(C=O)c1C#CC=O. The van der Waals surface area contributed by atoms with E-state index in [9.17, 15) is 14.0 Å². The highest BCUT2D eigenvalue weighted by Crippen LogP contribution is 2.14. The fourth-order valence-corrected chi connectivity index (χ4v) is 1.09. The Balaban J connectivity index is 3.44. The molecule has 0 amide bonds. The van der Waals surface area contributed by atoms with Crippen molar-refractivity contribution in [3.8, 4) is 11.8 Å². The Morgan fingerprint density at radius 3 is 2.64 bits per heavy atom. The van der Waals surface area contributed by atoms with Gasteiger partial charge in [-0.15, -0.1) is 0 Å². The number of hydrogen-bond donors (Lipinski definition) is 0. The van der Waals surface area contributed by atoms with E-state index in [1.165, 1.54) is 12.1 Å². The van der Waals surface area contributed by atoms with Crippen molar-refractivity contribution in [2.24, 2.45) is 0 Å². The Morgan fingerprint density at radius 2 is 2.07 bits per heavy atom. The van der Waals surface area contributed by atoms with Gasteiger partial charge < -0.3 is 0 Å². The molecule has 0 fully saturated rings. The first-order valence-electron chi connectivity index (χ1n) is 3.90. The fraction of sp³-hybridized carbons (Fsp3) is 0.0909. The minimum Gasteiger partial charge on any atom is -0.298 e. The van der Waals surface area contributed by atoms with E-state index in [2.05, 4.69) is 11.8 Å². The molecule has 1 rings (SSSR count). The van der Waals surface area contributed by atoms with Gasteiger partial charge in [-0.2, -0.15) is 0 Å². The normalized spacial score (nSPS) is 8.71. The van der Waals surface area contributed by atoms with E-state index in [1.54, 1.807) is 6.92 Å². The molecule has 0 aliphatic heterocycles. The lowest BCUT2D eigenvalue weighted by molar-refractivity contribution is -0.103. The fourth-order valence-electron chi connectivity index (χ4n) is 1.09. The summed E-state index contributed by atoms with van der Waals surface area (Å²) in [5.74, 6) is 3.96. The number of halogens is 1. The summed E-state index contributed by atoms with van der Waals surface area (Å²) in [4.78, 5) is 20.6. The standard InChI is InChI=1S/C11H7FO2/c1-8-4-5-11(12)10(7-14)9(8)3-2-6-13/h4-7H,1H3. The van der Waals surface area contributed by atoms with E-state index in [4.69, 9.17) is 0 Å². The highest BCUT2D eigenvalue weighted by Gasteiger charge is 2.08. The second kappa shape index (κ2) is 4.33. The molecule has 0 spiro atoms. The molecule has 0 aliphatic carbocycles. The van der Waals surface area contributed by atoms with Crippen molar-refractivity contribution in [1.29, 1.82) is 0 Å². The number of aldehydes is 2. The number of hydrogen-bond acceptors (Lipinski definition) is 2. The minimum atomic E-state index is -0.624. The molecule has 14 heavy (non-hydrogen) atoms. The average Bonchev–Trinajstić information content (AvgIpc) is 2.19. The maximum atomic E-state index is 13.1. The van der Waals surface area contributed by atoms with Crippen molar-refractivity contribution in [3.05, 3.63) is 34.6 Å². The number of benzene rings is 1. The largest absolute Gasteiger partial charge is 0.298 e. The van der Waals surface area contributed by atoms with Gasteiger partial charge in [0.25, 0.3) is 0 Å². The van der Waals surface area contributed by atoms with Crippen LogP contribution in [0.25, 0.3) is 0 Å². The van der Waals surface area contributed by atoms with E-state index in [0.717, 1.165) is 0 Å². The van der Waals surface area contributed by atoms with Crippen LogP contribution in [-0.2, 0) is 4.79 Å². The average molecular weight is 190 g/mol. The third-order valence-electron chi connectivity index (χ3n) is 1.77. The minimum absolute atomic E-state index is 0.0978. The van der Waals surface area contributed by atoms with Gasteiger partial charge in [-0.25, -0.2) is 4.39 Å². The van der Waals surface area contributed by atoms with Crippen LogP contribution in [0.3, 0.4) is 0 Å². The molecule has 0 saturated heterocycles. The van der Waals surface area contributed by atoms with Crippen molar-refractivity contribution in [3.63, 3.8) is 0 Å². The number of aryl methyl sites for hydroxylation is 1. The molecule has 0 atom stereocenters. The Kier molecular flexibility index (Phi) is 3.14. The molecule has 70 valence electrons. The third-order valence-corrected chi connectivity index (χ3v) is 1.77. The van der Waals surface area contributed by atoms with Crippen LogP contribution >= 0.6 is 0 Å². The summed E-state index contributed by atoms with van der Waals surface area (Å²) in [6.45, 7) is 1.70. The van der Waals surface area contributed by atoms with Crippen LogP contribution in [-0.4, -0.2) is 12.6 Å². The van der Waals surface area contributed by atoms with Gasteiger partial charge in [-0.1, -0.05) is 12.0 Å². The maximum Gasteiger partial charge on any atom is 0.193 e. The molecular weight excluding hydrogens is 183 g/mol. The Hall–Kier alpha value is -1.95. The Labute approximate surface area is 80.7 Å². The van der Waals surface area contributed by atoms with Gasteiger partial charge in [-0.05, 0) is 24.5 Å². The second-order valence-corrected chi connectivity index (χ2v) is 2.66. The van der Waals surface area contributed by atoms with Crippen LogP contribution in [0.15, 0.2) is 12.1 Å². The highest BCUT2D eigenvalue weighted by atomic mass is 19.1. The third kappa shape index (κ3) is 1.86. The molecule has 0 bridgehead atoms. The highest BCUT2D eigenvalue weighted by molar-refractivity contribution is 5.82. The Morgan fingerprint density at radius 1 is 1.36 bits per heavy atom. The van der Waals surface area contributed by atoms with Gasteiger partial charge in [0.1, 0.15) is 5.82 Å². The molecule has 3 heteroatoms. The zero-order valence-corrected chi connectivity index (χ0v) is 7.50. The summed E-state index contributed by atoms with van der Waals surface area (Å²) >= 11 is 0. The predicted molar refractivity (Wildman–Crippen MR) is 49.5 cm³/mol. The summed E-state index contributed by atoms with van der Waals surface area (Å²) in [5.41, 5.74) is 0.842. The van der Waals surface area contributed by atoms with Crippen LogP contribution in [0.1, 0.15) is 21.5 Å². The summed E-state index contributed by atoms with van der Waals surface area (Å²) in [7, 11) is 0. The van der Waals surface area contributed by atoms with E-state index in [1.807, 2.05) is 0 Å². The maximum absolute atomic E-state index is 13.1. The molecule has 1 aromatic carbocycles. The van der Waals surface area contributed by atoms with Crippen LogP contribution in [0.5, 0.6) is 0 Å². The van der Waals surface area contributed by atoms with Crippen molar-refractivity contribution in [2.45, 2.75) is 6.92 Å². The summed E-state index contributed by atoms with van der Waals surface area (Å²) in [6, 6.07) is 2.71. The van der Waals surface area contributed by atoms with Crippen LogP contribution < -0.4 is 0 Å². The topological polar surface area (TPSA) is 34.1 Å². The van der Waals surface area contributed by atoms with E-state index in [-0.39, 0.29) is 11.1 Å². The molecule has 0 saturated carbocycles. The van der Waals surface area contributed by atoms with Gasteiger partial charge in [0, 0.05) is 5.56 Å². The van der Waals surface area contributed by atoms with Gasteiger partial charge in [0.15, 0.2) is 12.6 Å². The van der Waals surface area contributed by atoms with Crippen molar-refractivity contribution in [2.75, 3.05) is 0 Å². The molecule has 1 aromatic rings. The quantitative estimate of drug-likeness (QED) is 0.496. The molecular formula is C11H7FO2. The second-order valence-electron chi connectivity index (χ2n) is 2.66. The van der Waals surface area contributed by atoms with Gasteiger partial charge in [-0.3, -0.25) is 9.59 Å². The predicted octanol–water partition coefficient (Wildman–Crippen LogP) is 1.50. The Bertz CT molecular complexity index is 439. The smallest absolute Gasteiger partial charge is 0.193 e. The van der Waals surface area contributed by atoms with Gasteiger partial charge >= 0.3 is 0 Å². The molecule has 0 heterocycles. The number of carbonyl (C=O) groups is 2. The first-order chi connectivity index (χ1) is 6.70. The molecule has 0 aromatic heterocycles. The van der Waals surface area contributed by atoms with Crippen LogP contribution in [0.2, 0.25) is 0 Å². The molecule has 2 nitrogen and oxygen atoms in total. The zero-order chi connectivity index (χ0) is 10.6. The lowest BCUT2D eigenvalue weighted by atomic mass is 10.0. The summed E-state index contributed by atoms with van der Waals surface area (Å²) < 4.78 is 13.1. The van der Waals surface area contributed by atoms with Crippen molar-refractivity contribution < 1.29 is 14.0 Å². The van der Waals surface area contributed by atoms with E-state index < -0.39 is 5.82 Å². The summed E-state index contributed by atoms with van der Waals surface area (Å²) in [6.07, 6.45) is 0.802. The molecule has 0 N–H and O–H groups in total. The molecule has 0 unspecified atom stereocenters. The zero-order valence-electron chi connectivity index (χ0n) is 7.50. The van der Waals surface area contributed by atoms with Crippen LogP contribution in [0.4, 0.5) is 4.39 Å². The monoisotopic (exact) mass is 190 g/mol. The van der Waals surface area contributed by atoms with Gasteiger partial charge in [0.05, 0.1) is 5.56 Å². The van der Waals surface area contributed by atoms with E-state index in [0.29, 0.717) is 18.1 Å². The first-order valence-corrected chi connectivity index (χ1v) is 3.90. The van der Waals surface area contributed by atoms with Crippen molar-refractivity contribution >= 4 is 12.6 Å². The molecule has 0 aliphatic rings. The summed E-state index contributed by atoms with van der Waals surface area (Å²) in [5, 5.41) is 0. The lowest BCUT2D eigenvalue weighted by Gasteiger charge is -2.01.